The fraction of sp³-hybridized carbons (Fsp3) is 0.286. The Morgan fingerprint density at radius 1 is 1.10 bits per heavy atom. The van der Waals surface area contributed by atoms with Gasteiger partial charge in [0.2, 0.25) is 5.91 Å². The molecule has 42 heavy (non-hydrogen) atoms. The number of amides is 3. The third-order valence-corrected chi connectivity index (χ3v) is 5.85. The Morgan fingerprint density at radius 3 is 2.45 bits per heavy atom. The first-order valence-corrected chi connectivity index (χ1v) is 13.0. The summed E-state index contributed by atoms with van der Waals surface area (Å²) in [5, 5.41) is 27.0. The Hall–Kier alpha value is -5.24. The van der Waals surface area contributed by atoms with Crippen LogP contribution in [0.3, 0.4) is 0 Å². The number of amidine groups is 1. The van der Waals surface area contributed by atoms with Crippen LogP contribution in [-0.2, 0) is 22.6 Å². The number of benzene rings is 2. The van der Waals surface area contributed by atoms with Crippen molar-refractivity contribution >= 4 is 35.2 Å². The van der Waals surface area contributed by atoms with E-state index in [1.165, 1.54) is 23.9 Å². The van der Waals surface area contributed by atoms with Crippen molar-refractivity contribution in [3.05, 3.63) is 75.7 Å². The predicted molar refractivity (Wildman–Crippen MR) is 158 cm³/mol. The van der Waals surface area contributed by atoms with Gasteiger partial charge in [0.25, 0.3) is 11.5 Å². The van der Waals surface area contributed by atoms with Gasteiger partial charge in [0.1, 0.15) is 12.4 Å². The summed E-state index contributed by atoms with van der Waals surface area (Å²) in [5.41, 5.74) is 7.88. The zero-order valence-corrected chi connectivity index (χ0v) is 23.5. The van der Waals surface area contributed by atoms with Crippen molar-refractivity contribution in [2.75, 3.05) is 31.3 Å². The lowest BCUT2D eigenvalue weighted by Crippen LogP contribution is -2.35. The van der Waals surface area contributed by atoms with E-state index in [0.29, 0.717) is 29.8 Å². The highest BCUT2D eigenvalue weighted by atomic mass is 16.5. The van der Waals surface area contributed by atoms with Crippen LogP contribution in [0.4, 0.5) is 16.3 Å². The molecular formula is C28H34N8O6. The second kappa shape index (κ2) is 14.4. The maximum atomic E-state index is 13.4. The number of ether oxygens (including phenoxy) is 1. The molecule has 8 N–H and O–H groups in total. The number of nitrogens with two attached hydrogens (primary N) is 1. The number of methoxy groups -OCH3 is 1. The summed E-state index contributed by atoms with van der Waals surface area (Å²) in [4.78, 5) is 54.1. The van der Waals surface area contributed by atoms with Gasteiger partial charge in [-0.25, -0.2) is 9.78 Å². The van der Waals surface area contributed by atoms with Crippen LogP contribution in [0.1, 0.15) is 35.3 Å². The third-order valence-electron chi connectivity index (χ3n) is 5.85. The number of aromatic nitrogens is 2. The van der Waals surface area contributed by atoms with Crippen molar-refractivity contribution in [1.82, 2.24) is 25.5 Å². The number of nitrogens with zero attached hydrogens (tertiary/aromatic N) is 2. The van der Waals surface area contributed by atoms with Crippen LogP contribution in [-0.4, -0.2) is 64.7 Å². The van der Waals surface area contributed by atoms with Gasteiger partial charge in [0.05, 0.1) is 18.5 Å². The topological polar surface area (TPSA) is 214 Å². The van der Waals surface area contributed by atoms with E-state index in [-0.39, 0.29) is 53.6 Å². The van der Waals surface area contributed by atoms with Crippen molar-refractivity contribution in [2.24, 2.45) is 0 Å². The molecule has 0 fully saturated rings. The molecule has 0 spiro atoms. The average Bonchev–Trinajstić information content (AvgIpc) is 2.93. The summed E-state index contributed by atoms with van der Waals surface area (Å²) in [5.74, 6) is -1.05. The highest BCUT2D eigenvalue weighted by Crippen LogP contribution is 2.23. The number of carboxylic acid groups (broad SMARTS) is 1. The van der Waals surface area contributed by atoms with Crippen LogP contribution in [0.2, 0.25) is 0 Å². The molecule has 0 saturated carbocycles. The first kappa shape index (κ1) is 31.3. The van der Waals surface area contributed by atoms with Crippen LogP contribution in [0.5, 0.6) is 0 Å². The molecule has 0 aliphatic heterocycles. The quantitative estimate of drug-likeness (QED) is 0.0718. The predicted octanol–water partition coefficient (Wildman–Crippen LogP) is 1.60. The highest BCUT2D eigenvalue weighted by Gasteiger charge is 2.18. The van der Waals surface area contributed by atoms with Gasteiger partial charge in [0, 0.05) is 48.6 Å². The molecule has 222 valence electrons. The number of nitrogen functional groups attached to an aromatic ring is 1. The minimum Gasteiger partial charge on any atom is -0.465 e. The normalized spacial score (nSPS) is 10.7. The number of hydrogen-bond donors (Lipinski definition) is 7. The number of carbonyl (C=O) groups excluding carboxylic acids is 2. The number of anilines is 2. The Labute approximate surface area is 241 Å². The molecule has 3 aromatic rings. The monoisotopic (exact) mass is 578 g/mol. The number of nitrogens with one attached hydrogen (secondary N) is 5. The Bertz CT molecular complexity index is 1520. The van der Waals surface area contributed by atoms with Gasteiger partial charge in [-0.15, -0.1) is 0 Å². The lowest BCUT2D eigenvalue weighted by molar-refractivity contribution is -0.121. The summed E-state index contributed by atoms with van der Waals surface area (Å²) >= 11 is 0. The second-order valence-electron chi connectivity index (χ2n) is 9.55. The summed E-state index contributed by atoms with van der Waals surface area (Å²) in [6, 6.07) is 11.0. The van der Waals surface area contributed by atoms with E-state index in [0.717, 1.165) is 0 Å². The van der Waals surface area contributed by atoms with Crippen LogP contribution < -0.4 is 32.6 Å². The van der Waals surface area contributed by atoms with E-state index >= 15 is 0 Å². The van der Waals surface area contributed by atoms with Crippen LogP contribution in [0.25, 0.3) is 11.3 Å². The molecule has 14 nitrogen and oxygen atoms in total. The molecule has 0 radical (unpaired) electrons. The van der Waals surface area contributed by atoms with Crippen molar-refractivity contribution < 1.29 is 24.2 Å². The molecular weight excluding hydrogens is 544 g/mol. The van der Waals surface area contributed by atoms with E-state index in [2.05, 4.69) is 20.9 Å². The molecule has 0 bridgehead atoms. The van der Waals surface area contributed by atoms with Gasteiger partial charge < -0.3 is 31.5 Å². The first-order chi connectivity index (χ1) is 20.0. The maximum Gasteiger partial charge on any atom is 0.410 e. The molecule has 1 aromatic heterocycles. The number of carbonyl (C=O) groups is 3. The summed E-state index contributed by atoms with van der Waals surface area (Å²) in [6.45, 7) is 4.10. The molecule has 14 heteroatoms. The molecule has 3 rings (SSSR count). The van der Waals surface area contributed by atoms with Crippen LogP contribution in [0, 0.1) is 5.41 Å². The second-order valence-corrected chi connectivity index (χ2v) is 9.55. The zero-order valence-electron chi connectivity index (χ0n) is 23.5. The van der Waals surface area contributed by atoms with Crippen molar-refractivity contribution in [3.8, 4) is 11.3 Å². The average molecular weight is 579 g/mol. The van der Waals surface area contributed by atoms with E-state index in [9.17, 15) is 19.2 Å². The van der Waals surface area contributed by atoms with Crippen LogP contribution in [0.15, 0.2) is 53.5 Å². The van der Waals surface area contributed by atoms with Crippen LogP contribution >= 0.6 is 0 Å². The van der Waals surface area contributed by atoms with Crippen molar-refractivity contribution in [2.45, 2.75) is 33.0 Å². The van der Waals surface area contributed by atoms with E-state index < -0.39 is 17.6 Å². The molecule has 1 heterocycles. The van der Waals surface area contributed by atoms with Crippen molar-refractivity contribution in [3.63, 3.8) is 0 Å². The fourth-order valence-corrected chi connectivity index (χ4v) is 3.92. The fourth-order valence-electron chi connectivity index (χ4n) is 3.92. The van der Waals surface area contributed by atoms with E-state index in [1.807, 2.05) is 19.2 Å². The molecule has 0 saturated heterocycles. The van der Waals surface area contributed by atoms with E-state index in [4.69, 9.17) is 21.0 Å². The Kier molecular flexibility index (Phi) is 10.7. The lowest BCUT2D eigenvalue weighted by atomic mass is 10.1. The SMILES string of the molecule is COCCNC(=O)c1cc(N)cc(-c2cnc(NC(C)C)c(=O)n2CC(=O)NCc2ccc(C(=N)NC(=O)O)cc2)c1. The Morgan fingerprint density at radius 2 is 1.81 bits per heavy atom. The smallest absolute Gasteiger partial charge is 0.410 e. The van der Waals surface area contributed by atoms with Gasteiger partial charge in [-0.2, -0.15) is 0 Å². The van der Waals surface area contributed by atoms with Gasteiger partial charge >= 0.3 is 6.09 Å². The van der Waals surface area contributed by atoms with Gasteiger partial charge in [-0.05, 0) is 37.6 Å². The number of rotatable bonds is 12. The maximum absolute atomic E-state index is 13.4. The largest absolute Gasteiger partial charge is 0.465 e. The summed E-state index contributed by atoms with van der Waals surface area (Å²) in [7, 11) is 1.52. The minimum absolute atomic E-state index is 0.0657. The molecule has 0 aliphatic carbocycles. The summed E-state index contributed by atoms with van der Waals surface area (Å²) < 4.78 is 6.22. The van der Waals surface area contributed by atoms with Gasteiger partial charge in [0.15, 0.2) is 5.82 Å². The standard InChI is InChI=1S/C28H34N8O6/c1-16(2)34-25-27(39)36(15-23(37)32-13-17-4-6-18(7-5-17)24(30)35-28(40)41)22(14-33-25)19-10-20(12-21(29)11-19)26(38)31-8-9-42-3/h4-7,10-12,14,16H,8-9,13,15,29H2,1-3H3,(H2,30,35)(H,31,38)(H,32,37)(H,33,34)(H,40,41). The van der Waals surface area contributed by atoms with Gasteiger partial charge in [-0.1, -0.05) is 24.3 Å². The van der Waals surface area contributed by atoms with E-state index in [1.54, 1.807) is 36.4 Å². The molecule has 0 unspecified atom stereocenters. The Balaban J connectivity index is 1.86. The molecule has 0 aliphatic rings. The molecule has 2 aromatic carbocycles. The minimum atomic E-state index is -1.34. The summed E-state index contributed by atoms with van der Waals surface area (Å²) in [6.07, 6.45) is 0.105. The molecule has 3 amide bonds. The lowest BCUT2D eigenvalue weighted by Gasteiger charge is -2.17. The van der Waals surface area contributed by atoms with Gasteiger partial charge in [-0.3, -0.25) is 29.7 Å². The first-order valence-electron chi connectivity index (χ1n) is 13.0. The zero-order chi connectivity index (χ0) is 30.8. The number of hydrogen-bond acceptors (Lipinski definition) is 9. The molecule has 0 atom stereocenters. The third kappa shape index (κ3) is 8.63. The van der Waals surface area contributed by atoms with Crippen molar-refractivity contribution in [1.29, 1.82) is 5.41 Å². The highest BCUT2D eigenvalue weighted by molar-refractivity contribution is 6.04.